The highest BCUT2D eigenvalue weighted by atomic mass is 16.5. The third-order valence-electron chi connectivity index (χ3n) is 3.41. The first-order valence-electron chi connectivity index (χ1n) is 7.21. The van der Waals surface area contributed by atoms with Crippen LogP contribution in [-0.4, -0.2) is 6.61 Å². The maximum absolute atomic E-state index is 5.65. The molecule has 1 atom stereocenters. The Kier molecular flexibility index (Phi) is 5.19. The molecular formula is C18H23NO. The second kappa shape index (κ2) is 7.11. The number of hydrogen-bond donors (Lipinski definition) is 1. The summed E-state index contributed by atoms with van der Waals surface area (Å²) in [5.41, 5.74) is 3.82. The van der Waals surface area contributed by atoms with Gasteiger partial charge in [-0.1, -0.05) is 48.0 Å². The van der Waals surface area contributed by atoms with Crippen LogP contribution in [0.25, 0.3) is 0 Å². The predicted molar refractivity (Wildman–Crippen MR) is 84.0 cm³/mol. The largest absolute Gasteiger partial charge is 0.494 e. The van der Waals surface area contributed by atoms with Gasteiger partial charge in [0.1, 0.15) is 5.75 Å². The molecule has 0 aliphatic heterocycles. The summed E-state index contributed by atoms with van der Waals surface area (Å²) in [5, 5.41) is 3.56. The summed E-state index contributed by atoms with van der Waals surface area (Å²) in [6.07, 6.45) is 0. The van der Waals surface area contributed by atoms with E-state index in [1.165, 1.54) is 16.7 Å². The monoisotopic (exact) mass is 269 g/mol. The van der Waals surface area contributed by atoms with Gasteiger partial charge in [0.05, 0.1) is 6.61 Å². The number of hydrogen-bond acceptors (Lipinski definition) is 2. The molecule has 0 spiro atoms. The Morgan fingerprint density at radius 3 is 2.65 bits per heavy atom. The normalized spacial score (nSPS) is 12.2. The van der Waals surface area contributed by atoms with Crippen molar-refractivity contribution in [3.63, 3.8) is 0 Å². The van der Waals surface area contributed by atoms with Crippen LogP contribution in [0.2, 0.25) is 0 Å². The first-order valence-corrected chi connectivity index (χ1v) is 7.21. The average Bonchev–Trinajstić information content (AvgIpc) is 2.46. The summed E-state index contributed by atoms with van der Waals surface area (Å²) in [6.45, 7) is 7.84. The summed E-state index contributed by atoms with van der Waals surface area (Å²) in [5.74, 6) is 0.971. The van der Waals surface area contributed by atoms with E-state index in [0.29, 0.717) is 12.6 Å². The van der Waals surface area contributed by atoms with Crippen LogP contribution >= 0.6 is 0 Å². The minimum absolute atomic E-state index is 0.324. The standard InChI is InChI=1S/C18H23NO/c1-4-20-18-11-6-5-9-17(18)13-19-15(3)16-10-7-8-14(2)12-16/h5-12,15,19H,4,13H2,1-3H3/t15-/m0/s1. The fraction of sp³-hybridized carbons (Fsp3) is 0.333. The lowest BCUT2D eigenvalue weighted by Crippen LogP contribution is -2.18. The van der Waals surface area contributed by atoms with Crippen molar-refractivity contribution in [3.8, 4) is 5.75 Å². The van der Waals surface area contributed by atoms with Crippen LogP contribution in [0.1, 0.15) is 36.6 Å². The Labute approximate surface area is 121 Å². The predicted octanol–water partition coefficient (Wildman–Crippen LogP) is 4.24. The Morgan fingerprint density at radius 1 is 1.10 bits per heavy atom. The van der Waals surface area contributed by atoms with Crippen LogP contribution in [-0.2, 0) is 6.54 Å². The molecule has 0 heterocycles. The van der Waals surface area contributed by atoms with E-state index in [1.54, 1.807) is 0 Å². The van der Waals surface area contributed by atoms with Crippen LogP contribution in [0.4, 0.5) is 0 Å². The number of nitrogens with one attached hydrogen (secondary N) is 1. The van der Waals surface area contributed by atoms with Gasteiger partial charge in [-0.05, 0) is 32.4 Å². The van der Waals surface area contributed by atoms with E-state index in [-0.39, 0.29) is 0 Å². The molecule has 2 rings (SSSR count). The van der Waals surface area contributed by atoms with E-state index in [2.05, 4.69) is 55.6 Å². The van der Waals surface area contributed by atoms with E-state index in [0.717, 1.165) is 12.3 Å². The molecule has 2 heteroatoms. The summed E-state index contributed by atoms with van der Waals surface area (Å²) >= 11 is 0. The van der Waals surface area contributed by atoms with Gasteiger partial charge in [0.15, 0.2) is 0 Å². The highest BCUT2D eigenvalue weighted by molar-refractivity contribution is 5.33. The molecule has 0 unspecified atom stereocenters. The lowest BCUT2D eigenvalue weighted by molar-refractivity contribution is 0.335. The van der Waals surface area contributed by atoms with Crippen molar-refractivity contribution in [1.29, 1.82) is 0 Å². The fourth-order valence-corrected chi connectivity index (χ4v) is 2.27. The van der Waals surface area contributed by atoms with Gasteiger partial charge in [-0.3, -0.25) is 0 Å². The maximum atomic E-state index is 5.65. The van der Waals surface area contributed by atoms with Gasteiger partial charge in [-0.15, -0.1) is 0 Å². The smallest absolute Gasteiger partial charge is 0.123 e. The molecule has 0 bridgehead atoms. The van der Waals surface area contributed by atoms with Gasteiger partial charge in [-0.2, -0.15) is 0 Å². The molecule has 106 valence electrons. The van der Waals surface area contributed by atoms with Crippen molar-refractivity contribution in [2.75, 3.05) is 6.61 Å². The van der Waals surface area contributed by atoms with Crippen molar-refractivity contribution in [2.24, 2.45) is 0 Å². The van der Waals surface area contributed by atoms with E-state index in [1.807, 2.05) is 19.1 Å². The van der Waals surface area contributed by atoms with Gasteiger partial charge in [0, 0.05) is 18.2 Å². The zero-order chi connectivity index (χ0) is 14.4. The second-order valence-electron chi connectivity index (χ2n) is 5.06. The molecule has 0 fully saturated rings. The van der Waals surface area contributed by atoms with Crippen LogP contribution in [0.3, 0.4) is 0 Å². The average molecular weight is 269 g/mol. The van der Waals surface area contributed by atoms with E-state index in [9.17, 15) is 0 Å². The molecule has 0 saturated carbocycles. The fourth-order valence-electron chi connectivity index (χ4n) is 2.27. The summed E-state index contributed by atoms with van der Waals surface area (Å²) in [6, 6.07) is 17.2. The Hall–Kier alpha value is -1.80. The highest BCUT2D eigenvalue weighted by Crippen LogP contribution is 2.20. The summed E-state index contributed by atoms with van der Waals surface area (Å²) < 4.78 is 5.65. The van der Waals surface area contributed by atoms with Crippen molar-refractivity contribution < 1.29 is 4.74 Å². The minimum atomic E-state index is 0.324. The summed E-state index contributed by atoms with van der Waals surface area (Å²) in [7, 11) is 0. The zero-order valence-corrected chi connectivity index (χ0v) is 12.5. The van der Waals surface area contributed by atoms with Gasteiger partial charge in [-0.25, -0.2) is 0 Å². The molecule has 0 aliphatic rings. The molecule has 2 aromatic carbocycles. The Morgan fingerprint density at radius 2 is 1.90 bits per heavy atom. The lowest BCUT2D eigenvalue weighted by Gasteiger charge is -2.16. The second-order valence-corrected chi connectivity index (χ2v) is 5.06. The maximum Gasteiger partial charge on any atom is 0.123 e. The molecule has 20 heavy (non-hydrogen) atoms. The molecule has 2 aromatic rings. The zero-order valence-electron chi connectivity index (χ0n) is 12.5. The lowest BCUT2D eigenvalue weighted by atomic mass is 10.1. The van der Waals surface area contributed by atoms with Crippen molar-refractivity contribution in [3.05, 3.63) is 65.2 Å². The third-order valence-corrected chi connectivity index (χ3v) is 3.41. The molecule has 0 radical (unpaired) electrons. The first-order chi connectivity index (χ1) is 9.70. The van der Waals surface area contributed by atoms with E-state index >= 15 is 0 Å². The van der Waals surface area contributed by atoms with Crippen molar-refractivity contribution in [2.45, 2.75) is 33.4 Å². The SMILES string of the molecule is CCOc1ccccc1CN[C@@H](C)c1cccc(C)c1. The Bertz CT molecular complexity index is 551. The van der Waals surface area contributed by atoms with Crippen LogP contribution in [0.5, 0.6) is 5.75 Å². The van der Waals surface area contributed by atoms with E-state index in [4.69, 9.17) is 4.74 Å². The Balaban J connectivity index is 2.01. The van der Waals surface area contributed by atoms with Gasteiger partial charge in [0.2, 0.25) is 0 Å². The summed E-state index contributed by atoms with van der Waals surface area (Å²) in [4.78, 5) is 0. The number of ether oxygens (including phenoxy) is 1. The van der Waals surface area contributed by atoms with Crippen LogP contribution < -0.4 is 10.1 Å². The van der Waals surface area contributed by atoms with Gasteiger partial charge in [0.25, 0.3) is 0 Å². The van der Waals surface area contributed by atoms with Crippen molar-refractivity contribution >= 4 is 0 Å². The molecule has 0 amide bonds. The number of aryl methyl sites for hydroxylation is 1. The van der Waals surface area contributed by atoms with Gasteiger partial charge >= 0.3 is 0 Å². The molecular weight excluding hydrogens is 246 g/mol. The molecule has 1 N–H and O–H groups in total. The van der Waals surface area contributed by atoms with E-state index < -0.39 is 0 Å². The first kappa shape index (κ1) is 14.6. The number of benzene rings is 2. The molecule has 0 aliphatic carbocycles. The molecule has 0 aromatic heterocycles. The molecule has 0 saturated heterocycles. The number of rotatable bonds is 6. The quantitative estimate of drug-likeness (QED) is 0.846. The van der Waals surface area contributed by atoms with Gasteiger partial charge < -0.3 is 10.1 Å². The minimum Gasteiger partial charge on any atom is -0.494 e. The highest BCUT2D eigenvalue weighted by Gasteiger charge is 2.07. The van der Waals surface area contributed by atoms with Crippen LogP contribution in [0.15, 0.2) is 48.5 Å². The third kappa shape index (κ3) is 3.84. The topological polar surface area (TPSA) is 21.3 Å². The van der Waals surface area contributed by atoms with Crippen molar-refractivity contribution in [1.82, 2.24) is 5.32 Å². The number of para-hydroxylation sites is 1. The van der Waals surface area contributed by atoms with Crippen LogP contribution in [0, 0.1) is 6.92 Å². The molecule has 2 nitrogen and oxygen atoms in total.